The van der Waals surface area contributed by atoms with E-state index in [1.807, 2.05) is 24.3 Å². The lowest BCUT2D eigenvalue weighted by Gasteiger charge is -2.19. The number of carboxylic acids is 1. The number of rotatable bonds is 25. The van der Waals surface area contributed by atoms with E-state index < -0.39 is 53.4 Å². The number of carboxylic acid groups (broad SMARTS) is 1. The molecule has 0 spiro atoms. The molecule has 2 heterocycles. The maximum absolute atomic E-state index is 12.9. The molecule has 2 aromatic rings. The summed E-state index contributed by atoms with van der Waals surface area (Å²) < 4.78 is 4.53. The van der Waals surface area contributed by atoms with Gasteiger partial charge in [-0.2, -0.15) is 0 Å². The highest BCUT2D eigenvalue weighted by molar-refractivity contribution is 8.00. The van der Waals surface area contributed by atoms with Gasteiger partial charge in [0, 0.05) is 63.6 Å². The zero-order valence-corrected chi connectivity index (χ0v) is 30.2. The summed E-state index contributed by atoms with van der Waals surface area (Å²) >= 11 is 1.13. The maximum atomic E-state index is 12.9. The number of ketones is 2. The summed E-state index contributed by atoms with van der Waals surface area (Å²) in [6, 6.07) is 6.45. The number of nitrogens with one attached hydrogen (secondary N) is 2. The molecule has 1 saturated heterocycles. The van der Waals surface area contributed by atoms with Crippen LogP contribution in [0.3, 0.4) is 0 Å². The van der Waals surface area contributed by atoms with Crippen LogP contribution in [-0.4, -0.2) is 114 Å². The van der Waals surface area contributed by atoms with Gasteiger partial charge in [-0.1, -0.05) is 24.3 Å². The first-order valence-corrected chi connectivity index (χ1v) is 18.2. The Morgan fingerprint density at radius 2 is 1.70 bits per heavy atom. The molecule has 3 rings (SSSR count). The Balaban J connectivity index is 1.33. The Labute approximate surface area is 309 Å². The van der Waals surface area contributed by atoms with Crippen LogP contribution in [0, 0.1) is 6.92 Å². The second kappa shape index (κ2) is 22.0. The Morgan fingerprint density at radius 3 is 2.38 bits per heavy atom. The van der Waals surface area contributed by atoms with Crippen molar-refractivity contribution in [2.75, 3.05) is 18.8 Å². The first-order chi connectivity index (χ1) is 25.4. The lowest BCUT2D eigenvalue weighted by molar-refractivity contribution is -0.139. The van der Waals surface area contributed by atoms with Crippen LogP contribution in [0.1, 0.15) is 75.6 Å². The highest BCUT2D eigenvalue weighted by atomic mass is 32.2. The minimum absolute atomic E-state index is 0.00228. The summed E-state index contributed by atoms with van der Waals surface area (Å²) in [7, 11) is 0. The Morgan fingerprint density at radius 1 is 0.981 bits per heavy atom. The fraction of sp³-hybridized carbons (Fsp3) is 0.529. The summed E-state index contributed by atoms with van der Waals surface area (Å²) in [5.41, 5.74) is 7.29. The molecule has 3 unspecified atom stereocenters. The molecule has 1 aliphatic rings. The number of aryl methyl sites for hydroxylation is 2. The van der Waals surface area contributed by atoms with Crippen LogP contribution >= 0.6 is 11.8 Å². The van der Waals surface area contributed by atoms with Gasteiger partial charge < -0.3 is 20.5 Å². The number of benzene rings is 1. The number of thioether (sulfide) groups is 1. The molecular weight excluding hydrogens is 712 g/mol. The zero-order valence-electron chi connectivity index (χ0n) is 29.4. The molecular formula is C34H44N8O10S. The second-order valence-electron chi connectivity index (χ2n) is 12.2. The van der Waals surface area contributed by atoms with Crippen molar-refractivity contribution in [1.82, 2.24) is 35.9 Å². The predicted octanol–water partition coefficient (Wildman–Crippen LogP) is 0.438. The summed E-state index contributed by atoms with van der Waals surface area (Å²) in [5.74, 6) is -2.36. The minimum atomic E-state index is -1.18. The number of carbonyl (C=O) groups excluding carboxylic acids is 7. The molecule has 19 heteroatoms. The third-order valence-electron chi connectivity index (χ3n) is 8.12. The molecule has 3 atom stereocenters. The van der Waals surface area contributed by atoms with Crippen molar-refractivity contribution in [2.45, 2.75) is 95.1 Å². The van der Waals surface area contributed by atoms with Crippen molar-refractivity contribution >= 4 is 59.4 Å². The van der Waals surface area contributed by atoms with Crippen molar-refractivity contribution in [3.63, 3.8) is 0 Å². The molecule has 18 nitrogen and oxygen atoms in total. The number of amides is 4. The summed E-state index contributed by atoms with van der Waals surface area (Å²) in [5, 5.41) is 29.3. The van der Waals surface area contributed by atoms with Crippen molar-refractivity contribution < 1.29 is 48.2 Å². The third-order valence-corrected chi connectivity index (χ3v) is 9.37. The Hall–Kier alpha value is -5.17. The SMILES string of the molecule is Cc1nnc(-c2ccc(CCC(=O)CCCNC(=O)CCN3C(=O)CC(SCCC(NC(=O)CCC(N)OC=O)C(=O)CCC(=O)O)C3=O)cc2)nn1. The predicted molar refractivity (Wildman–Crippen MR) is 188 cm³/mol. The van der Waals surface area contributed by atoms with Crippen LogP contribution in [0.25, 0.3) is 11.4 Å². The van der Waals surface area contributed by atoms with E-state index in [-0.39, 0.29) is 82.0 Å². The molecule has 5 N–H and O–H groups in total. The largest absolute Gasteiger partial charge is 0.481 e. The van der Waals surface area contributed by atoms with Crippen LogP contribution < -0.4 is 16.4 Å². The average molecular weight is 757 g/mol. The van der Waals surface area contributed by atoms with Crippen molar-refractivity contribution in [2.24, 2.45) is 5.73 Å². The molecule has 0 aliphatic carbocycles. The van der Waals surface area contributed by atoms with Gasteiger partial charge in [0.1, 0.15) is 5.78 Å². The Bertz CT molecular complexity index is 1610. The molecule has 0 radical (unpaired) electrons. The Kier molecular flexibility index (Phi) is 17.6. The number of likely N-dealkylation sites (tertiary alicyclic amines) is 1. The van der Waals surface area contributed by atoms with Gasteiger partial charge in [0.05, 0.1) is 17.7 Å². The first-order valence-electron chi connectivity index (χ1n) is 17.1. The van der Waals surface area contributed by atoms with E-state index in [9.17, 15) is 38.4 Å². The summed E-state index contributed by atoms with van der Waals surface area (Å²) in [6.07, 6.45) is -0.380. The number of ether oxygens (including phenoxy) is 1. The quantitative estimate of drug-likeness (QED) is 0.0463. The normalized spacial score (nSPS) is 15.1. The van der Waals surface area contributed by atoms with Gasteiger partial charge >= 0.3 is 5.97 Å². The molecule has 1 fully saturated rings. The van der Waals surface area contributed by atoms with Crippen molar-refractivity contribution in [3.05, 3.63) is 35.7 Å². The minimum Gasteiger partial charge on any atom is -0.481 e. The van der Waals surface area contributed by atoms with Gasteiger partial charge in [-0.25, -0.2) is 0 Å². The monoisotopic (exact) mass is 756 g/mol. The molecule has 1 aliphatic heterocycles. The number of nitrogens with two attached hydrogens (primary N) is 1. The number of hydrogen-bond acceptors (Lipinski definition) is 15. The van der Waals surface area contributed by atoms with E-state index in [1.165, 1.54) is 0 Å². The molecule has 4 amide bonds. The molecule has 286 valence electrons. The van der Waals surface area contributed by atoms with E-state index in [0.29, 0.717) is 30.9 Å². The van der Waals surface area contributed by atoms with E-state index in [4.69, 9.17) is 10.8 Å². The van der Waals surface area contributed by atoms with E-state index in [1.54, 1.807) is 6.92 Å². The maximum Gasteiger partial charge on any atom is 0.303 e. The van der Waals surface area contributed by atoms with Gasteiger partial charge in [-0.05, 0) is 37.5 Å². The topological polar surface area (TPSA) is 271 Å². The lowest BCUT2D eigenvalue weighted by atomic mass is 10.0. The van der Waals surface area contributed by atoms with Crippen LogP contribution in [0.4, 0.5) is 0 Å². The van der Waals surface area contributed by atoms with E-state index >= 15 is 0 Å². The number of aliphatic carboxylic acids is 1. The van der Waals surface area contributed by atoms with E-state index in [0.717, 1.165) is 27.8 Å². The number of carbonyl (C=O) groups is 8. The average Bonchev–Trinajstić information content (AvgIpc) is 3.40. The van der Waals surface area contributed by atoms with Gasteiger partial charge in [0.2, 0.25) is 29.5 Å². The standard InChI is InChI=1S/C34H44N8O10S/c1-21-38-40-33(41-39-21)23-7-4-22(5-8-23)6-9-24(44)3-2-16-36-29(46)14-17-42-31(48)19-27(34(42)51)53-18-15-25(26(45)10-13-32(49)50)37-30(47)12-11-28(35)52-20-43/h4-5,7-8,20,25,27-28H,2-3,6,9-19,35H2,1H3,(H,36,46)(H,37,47)(H,49,50). The zero-order chi connectivity index (χ0) is 38.8. The molecule has 1 aromatic heterocycles. The van der Waals surface area contributed by atoms with Crippen molar-refractivity contribution in [3.8, 4) is 11.4 Å². The van der Waals surface area contributed by atoms with Crippen LogP contribution in [0.5, 0.6) is 0 Å². The van der Waals surface area contributed by atoms with Gasteiger partial charge in [-0.15, -0.1) is 32.2 Å². The lowest BCUT2D eigenvalue weighted by Crippen LogP contribution is -2.42. The first kappa shape index (κ1) is 42.2. The van der Waals surface area contributed by atoms with E-state index in [2.05, 4.69) is 35.8 Å². The smallest absolute Gasteiger partial charge is 0.303 e. The summed E-state index contributed by atoms with van der Waals surface area (Å²) in [6.45, 7) is 2.01. The van der Waals surface area contributed by atoms with Crippen LogP contribution in [0.15, 0.2) is 24.3 Å². The number of Topliss-reactive ketones (excluding diaryl/α,β-unsaturated/α-hetero) is 2. The number of nitrogens with zero attached hydrogens (tertiary/aromatic N) is 5. The molecule has 0 saturated carbocycles. The second-order valence-corrected chi connectivity index (χ2v) is 13.5. The highest BCUT2D eigenvalue weighted by Crippen LogP contribution is 2.26. The number of aromatic nitrogens is 4. The third kappa shape index (κ3) is 15.1. The molecule has 1 aromatic carbocycles. The number of imide groups is 1. The molecule has 53 heavy (non-hydrogen) atoms. The van der Waals surface area contributed by atoms with Gasteiger partial charge in [0.25, 0.3) is 6.47 Å². The fourth-order valence-electron chi connectivity index (χ4n) is 5.18. The van der Waals surface area contributed by atoms with Crippen LogP contribution in [0.2, 0.25) is 0 Å². The fourth-order valence-corrected chi connectivity index (χ4v) is 6.37. The van der Waals surface area contributed by atoms with Gasteiger partial charge in [-0.3, -0.25) is 49.0 Å². The van der Waals surface area contributed by atoms with Gasteiger partial charge in [0.15, 0.2) is 17.8 Å². The number of hydrogen-bond donors (Lipinski definition) is 4. The summed E-state index contributed by atoms with van der Waals surface area (Å²) in [4.78, 5) is 97.7. The van der Waals surface area contributed by atoms with Crippen molar-refractivity contribution in [1.29, 1.82) is 0 Å². The molecule has 0 bridgehead atoms. The van der Waals surface area contributed by atoms with Crippen LogP contribution in [-0.2, 0) is 49.5 Å². The highest BCUT2D eigenvalue weighted by Gasteiger charge is 2.39.